The fourth-order valence-corrected chi connectivity index (χ4v) is 2.69. The first-order valence-electron chi connectivity index (χ1n) is 8.66. The molecule has 0 aliphatic carbocycles. The van der Waals surface area contributed by atoms with Crippen molar-refractivity contribution in [2.45, 2.75) is 20.3 Å². The second-order valence-electron chi connectivity index (χ2n) is 5.49. The van der Waals surface area contributed by atoms with Gasteiger partial charge in [0.15, 0.2) is 18.1 Å². The van der Waals surface area contributed by atoms with Crippen molar-refractivity contribution in [2.24, 2.45) is 0 Å². The van der Waals surface area contributed by atoms with Crippen LogP contribution in [0.1, 0.15) is 19.4 Å². The summed E-state index contributed by atoms with van der Waals surface area (Å²) in [7, 11) is 0. The van der Waals surface area contributed by atoms with Gasteiger partial charge in [-0.1, -0.05) is 6.07 Å². The Bertz CT molecular complexity index is 703. The number of carbonyl (C=O) groups is 1. The molecular formula is C20H24INO4. The highest BCUT2D eigenvalue weighted by molar-refractivity contribution is 14.1. The third kappa shape index (κ3) is 6.74. The van der Waals surface area contributed by atoms with Crippen molar-refractivity contribution >= 4 is 28.5 Å². The molecule has 0 radical (unpaired) electrons. The van der Waals surface area contributed by atoms with Gasteiger partial charge in [-0.2, -0.15) is 0 Å². The van der Waals surface area contributed by atoms with Crippen LogP contribution in [0.5, 0.6) is 17.2 Å². The SMILES string of the molecule is CCOc1ccc(CCNC(=O)COc2ccc(I)cc2)cc1OCC. The van der Waals surface area contributed by atoms with Gasteiger partial charge in [0.1, 0.15) is 5.75 Å². The van der Waals surface area contributed by atoms with Crippen LogP contribution >= 0.6 is 22.6 Å². The van der Waals surface area contributed by atoms with Gasteiger partial charge in [0, 0.05) is 10.1 Å². The van der Waals surface area contributed by atoms with E-state index >= 15 is 0 Å². The zero-order chi connectivity index (χ0) is 18.8. The summed E-state index contributed by atoms with van der Waals surface area (Å²) in [6, 6.07) is 13.4. The lowest BCUT2D eigenvalue weighted by Gasteiger charge is -2.13. The normalized spacial score (nSPS) is 10.3. The highest BCUT2D eigenvalue weighted by atomic mass is 127. The van der Waals surface area contributed by atoms with Crippen molar-refractivity contribution < 1.29 is 19.0 Å². The molecule has 0 bridgehead atoms. The van der Waals surface area contributed by atoms with Crippen LogP contribution in [0, 0.1) is 3.57 Å². The number of nitrogens with one attached hydrogen (secondary N) is 1. The Morgan fingerprint density at radius 2 is 1.65 bits per heavy atom. The van der Waals surface area contributed by atoms with E-state index in [1.807, 2.05) is 56.3 Å². The molecule has 1 amide bonds. The van der Waals surface area contributed by atoms with Gasteiger partial charge >= 0.3 is 0 Å². The highest BCUT2D eigenvalue weighted by Gasteiger charge is 2.07. The predicted octanol–water partition coefficient (Wildman–Crippen LogP) is 3.83. The zero-order valence-corrected chi connectivity index (χ0v) is 17.2. The summed E-state index contributed by atoms with van der Waals surface area (Å²) in [5.74, 6) is 2.03. The van der Waals surface area contributed by atoms with E-state index in [-0.39, 0.29) is 12.5 Å². The van der Waals surface area contributed by atoms with Gasteiger partial charge < -0.3 is 19.5 Å². The molecule has 0 aliphatic heterocycles. The van der Waals surface area contributed by atoms with Crippen molar-refractivity contribution in [2.75, 3.05) is 26.4 Å². The summed E-state index contributed by atoms with van der Waals surface area (Å²) >= 11 is 2.22. The maximum atomic E-state index is 11.9. The van der Waals surface area contributed by atoms with E-state index in [1.165, 1.54) is 0 Å². The number of carbonyl (C=O) groups excluding carboxylic acids is 1. The quantitative estimate of drug-likeness (QED) is 0.538. The topological polar surface area (TPSA) is 56.8 Å². The van der Waals surface area contributed by atoms with Crippen LogP contribution in [-0.4, -0.2) is 32.3 Å². The van der Waals surface area contributed by atoms with E-state index < -0.39 is 0 Å². The fourth-order valence-electron chi connectivity index (χ4n) is 2.33. The Labute approximate surface area is 168 Å². The van der Waals surface area contributed by atoms with Crippen molar-refractivity contribution in [3.63, 3.8) is 0 Å². The number of amides is 1. The monoisotopic (exact) mass is 469 g/mol. The minimum Gasteiger partial charge on any atom is -0.490 e. The first kappa shape index (κ1) is 20.4. The molecular weight excluding hydrogens is 445 g/mol. The number of halogens is 1. The molecule has 140 valence electrons. The average molecular weight is 469 g/mol. The zero-order valence-electron chi connectivity index (χ0n) is 15.1. The molecule has 0 atom stereocenters. The molecule has 0 spiro atoms. The molecule has 0 aromatic heterocycles. The third-order valence-corrected chi connectivity index (χ3v) is 4.25. The highest BCUT2D eigenvalue weighted by Crippen LogP contribution is 2.28. The van der Waals surface area contributed by atoms with Crippen LogP contribution in [-0.2, 0) is 11.2 Å². The number of benzene rings is 2. The largest absolute Gasteiger partial charge is 0.490 e. The van der Waals surface area contributed by atoms with Gasteiger partial charge in [-0.25, -0.2) is 0 Å². The maximum Gasteiger partial charge on any atom is 0.257 e. The Morgan fingerprint density at radius 3 is 2.35 bits per heavy atom. The van der Waals surface area contributed by atoms with Gasteiger partial charge in [-0.15, -0.1) is 0 Å². The van der Waals surface area contributed by atoms with Crippen molar-refractivity contribution in [3.8, 4) is 17.2 Å². The third-order valence-electron chi connectivity index (χ3n) is 3.53. The van der Waals surface area contributed by atoms with Crippen molar-refractivity contribution in [3.05, 3.63) is 51.6 Å². The molecule has 1 N–H and O–H groups in total. The van der Waals surface area contributed by atoms with E-state index in [2.05, 4.69) is 27.9 Å². The molecule has 0 aliphatic rings. The van der Waals surface area contributed by atoms with E-state index in [0.29, 0.717) is 31.9 Å². The summed E-state index contributed by atoms with van der Waals surface area (Å²) in [6.07, 6.45) is 0.710. The van der Waals surface area contributed by atoms with E-state index in [0.717, 1.165) is 20.6 Å². The molecule has 6 heteroatoms. The molecule has 0 fully saturated rings. The van der Waals surface area contributed by atoms with Crippen LogP contribution in [0.25, 0.3) is 0 Å². The summed E-state index contributed by atoms with van der Waals surface area (Å²) in [4.78, 5) is 11.9. The van der Waals surface area contributed by atoms with Gasteiger partial charge in [0.2, 0.25) is 0 Å². The molecule has 0 saturated heterocycles. The minimum absolute atomic E-state index is 0.00800. The lowest BCUT2D eigenvalue weighted by Crippen LogP contribution is -2.30. The summed E-state index contributed by atoms with van der Waals surface area (Å²) in [5.41, 5.74) is 1.08. The summed E-state index contributed by atoms with van der Waals surface area (Å²) < 4.78 is 17.8. The lowest BCUT2D eigenvalue weighted by atomic mass is 10.1. The number of ether oxygens (including phenoxy) is 3. The second-order valence-corrected chi connectivity index (χ2v) is 6.74. The first-order chi connectivity index (χ1) is 12.6. The van der Waals surface area contributed by atoms with Gasteiger partial charge in [-0.3, -0.25) is 4.79 Å². The number of hydrogen-bond donors (Lipinski definition) is 1. The summed E-state index contributed by atoms with van der Waals surface area (Å²) in [6.45, 7) is 5.60. The Morgan fingerprint density at radius 1 is 0.962 bits per heavy atom. The molecule has 5 nitrogen and oxygen atoms in total. The maximum absolute atomic E-state index is 11.9. The molecule has 0 unspecified atom stereocenters. The molecule has 2 aromatic carbocycles. The minimum atomic E-state index is -0.139. The average Bonchev–Trinajstić information content (AvgIpc) is 2.64. The number of hydrogen-bond acceptors (Lipinski definition) is 4. The Kier molecular flexibility index (Phi) is 8.53. The summed E-state index contributed by atoms with van der Waals surface area (Å²) in [5, 5.41) is 2.87. The molecule has 0 heterocycles. The van der Waals surface area contributed by atoms with Gasteiger partial charge in [0.05, 0.1) is 13.2 Å². The Balaban J connectivity index is 1.78. The molecule has 26 heavy (non-hydrogen) atoms. The van der Waals surface area contributed by atoms with Crippen LogP contribution < -0.4 is 19.5 Å². The first-order valence-corrected chi connectivity index (χ1v) is 9.73. The van der Waals surface area contributed by atoms with Crippen LogP contribution in [0.2, 0.25) is 0 Å². The van der Waals surface area contributed by atoms with Crippen molar-refractivity contribution in [1.29, 1.82) is 0 Å². The van der Waals surface area contributed by atoms with Gasteiger partial charge in [0.25, 0.3) is 5.91 Å². The van der Waals surface area contributed by atoms with Crippen LogP contribution in [0.3, 0.4) is 0 Å². The van der Waals surface area contributed by atoms with Crippen molar-refractivity contribution in [1.82, 2.24) is 5.32 Å². The van der Waals surface area contributed by atoms with E-state index in [9.17, 15) is 4.79 Å². The molecule has 2 rings (SSSR count). The van der Waals surface area contributed by atoms with E-state index in [1.54, 1.807) is 0 Å². The Hall–Kier alpha value is -1.96. The number of rotatable bonds is 10. The fraction of sp³-hybridized carbons (Fsp3) is 0.350. The lowest BCUT2D eigenvalue weighted by molar-refractivity contribution is -0.123. The molecule has 2 aromatic rings. The predicted molar refractivity (Wildman–Crippen MR) is 110 cm³/mol. The van der Waals surface area contributed by atoms with Gasteiger partial charge in [-0.05, 0) is 84.8 Å². The molecule has 0 saturated carbocycles. The van der Waals surface area contributed by atoms with Crippen LogP contribution in [0.4, 0.5) is 0 Å². The van der Waals surface area contributed by atoms with Crippen LogP contribution in [0.15, 0.2) is 42.5 Å². The standard InChI is InChI=1S/C20H24INO4/c1-3-24-18-10-5-15(13-19(18)25-4-2)11-12-22-20(23)14-26-17-8-6-16(21)7-9-17/h5-10,13H,3-4,11-12,14H2,1-2H3,(H,22,23). The van der Waals surface area contributed by atoms with E-state index in [4.69, 9.17) is 14.2 Å². The second kappa shape index (κ2) is 10.9. The smallest absolute Gasteiger partial charge is 0.257 e.